The van der Waals surface area contributed by atoms with Gasteiger partial charge in [-0.2, -0.15) is 0 Å². The summed E-state index contributed by atoms with van der Waals surface area (Å²) < 4.78 is 0. The number of hydrogen-bond donors (Lipinski definition) is 0. The predicted molar refractivity (Wildman–Crippen MR) is 44.3 cm³/mol. The maximum Gasteiger partial charge on any atom is 0.0506 e. The molecule has 0 nitrogen and oxygen atoms in total. The summed E-state index contributed by atoms with van der Waals surface area (Å²) in [6, 6.07) is 3.20. The standard InChI is InChI=1S/C8H17Si/c1-8(2)9-6-4-3-5-7-9/h8H,3-7H2,1-2H3. The van der Waals surface area contributed by atoms with Gasteiger partial charge in [-0.25, -0.2) is 0 Å². The molecule has 0 unspecified atom stereocenters. The molecular weight excluding hydrogens is 124 g/mol. The first kappa shape index (κ1) is 7.33. The van der Waals surface area contributed by atoms with E-state index in [0.717, 1.165) is 5.54 Å². The molecule has 0 aromatic rings. The minimum atomic E-state index is 0.135. The van der Waals surface area contributed by atoms with Gasteiger partial charge in [0.05, 0.1) is 8.80 Å². The fraction of sp³-hybridized carbons (Fsp3) is 1.00. The van der Waals surface area contributed by atoms with Gasteiger partial charge >= 0.3 is 0 Å². The summed E-state index contributed by atoms with van der Waals surface area (Å²) in [5.41, 5.74) is 1.04. The molecule has 0 spiro atoms. The van der Waals surface area contributed by atoms with Crippen LogP contribution in [0.1, 0.15) is 33.1 Å². The van der Waals surface area contributed by atoms with Crippen molar-refractivity contribution in [2.45, 2.75) is 50.7 Å². The van der Waals surface area contributed by atoms with Crippen molar-refractivity contribution in [2.24, 2.45) is 0 Å². The third kappa shape index (κ3) is 2.13. The molecular formula is C8H17Si. The third-order valence-electron chi connectivity index (χ3n) is 2.31. The second kappa shape index (κ2) is 3.40. The van der Waals surface area contributed by atoms with Gasteiger partial charge in [0.15, 0.2) is 0 Å². The summed E-state index contributed by atoms with van der Waals surface area (Å²) in [6.45, 7) is 4.80. The van der Waals surface area contributed by atoms with Crippen LogP contribution in [0.15, 0.2) is 0 Å². The summed E-state index contributed by atoms with van der Waals surface area (Å²) in [5.74, 6) is 0. The highest BCUT2D eigenvalue weighted by atomic mass is 28.3. The molecule has 0 amide bonds. The van der Waals surface area contributed by atoms with Gasteiger partial charge in [-0.1, -0.05) is 50.7 Å². The van der Waals surface area contributed by atoms with E-state index in [-0.39, 0.29) is 8.80 Å². The molecule has 0 aromatic heterocycles. The first-order valence-corrected chi connectivity index (χ1v) is 6.14. The Morgan fingerprint density at radius 1 is 1.00 bits per heavy atom. The van der Waals surface area contributed by atoms with Crippen LogP contribution < -0.4 is 0 Å². The van der Waals surface area contributed by atoms with Crippen LogP contribution in [0.25, 0.3) is 0 Å². The fourth-order valence-corrected chi connectivity index (χ4v) is 4.40. The topological polar surface area (TPSA) is 0 Å². The Kier molecular flexibility index (Phi) is 2.77. The van der Waals surface area contributed by atoms with Crippen LogP contribution in [-0.4, -0.2) is 8.80 Å². The van der Waals surface area contributed by atoms with Crippen molar-refractivity contribution < 1.29 is 0 Å². The van der Waals surface area contributed by atoms with E-state index in [1.165, 1.54) is 19.3 Å². The summed E-state index contributed by atoms with van der Waals surface area (Å²) in [6.07, 6.45) is 4.58. The molecule has 0 aliphatic carbocycles. The summed E-state index contributed by atoms with van der Waals surface area (Å²) in [7, 11) is 0.135. The van der Waals surface area contributed by atoms with E-state index < -0.39 is 0 Å². The molecule has 0 N–H and O–H groups in total. The van der Waals surface area contributed by atoms with Crippen molar-refractivity contribution in [3.05, 3.63) is 0 Å². The first-order valence-electron chi connectivity index (χ1n) is 4.15. The van der Waals surface area contributed by atoms with Crippen molar-refractivity contribution in [1.82, 2.24) is 0 Å². The van der Waals surface area contributed by atoms with Crippen LogP contribution in [0.2, 0.25) is 17.6 Å². The van der Waals surface area contributed by atoms with Crippen molar-refractivity contribution in [1.29, 1.82) is 0 Å². The number of hydrogen-bond acceptors (Lipinski definition) is 0. The third-order valence-corrected chi connectivity index (χ3v) is 5.94. The zero-order valence-corrected chi connectivity index (χ0v) is 7.61. The molecule has 0 bridgehead atoms. The van der Waals surface area contributed by atoms with Gasteiger partial charge in [-0.05, 0) is 0 Å². The molecule has 0 saturated carbocycles. The molecule has 1 aliphatic heterocycles. The monoisotopic (exact) mass is 141 g/mol. The minimum Gasteiger partial charge on any atom is -0.0654 e. The summed E-state index contributed by atoms with van der Waals surface area (Å²) >= 11 is 0. The molecule has 0 atom stereocenters. The van der Waals surface area contributed by atoms with Gasteiger partial charge in [0.25, 0.3) is 0 Å². The van der Waals surface area contributed by atoms with Gasteiger partial charge in [0, 0.05) is 0 Å². The SMILES string of the molecule is CC(C)[Si]1CCCCC1. The van der Waals surface area contributed by atoms with Gasteiger partial charge in [-0.3, -0.25) is 0 Å². The van der Waals surface area contributed by atoms with Crippen molar-refractivity contribution in [3.8, 4) is 0 Å². The van der Waals surface area contributed by atoms with Crippen LogP contribution in [0.3, 0.4) is 0 Å². The quantitative estimate of drug-likeness (QED) is 0.492. The maximum atomic E-state index is 2.40. The van der Waals surface area contributed by atoms with E-state index in [2.05, 4.69) is 13.8 Å². The summed E-state index contributed by atoms with van der Waals surface area (Å²) in [4.78, 5) is 0. The Bertz CT molecular complexity index is 72.6. The zero-order chi connectivity index (χ0) is 6.69. The van der Waals surface area contributed by atoms with E-state index in [1.54, 1.807) is 12.1 Å². The lowest BCUT2D eigenvalue weighted by Gasteiger charge is -2.22. The Balaban J connectivity index is 2.23. The van der Waals surface area contributed by atoms with Crippen molar-refractivity contribution in [3.63, 3.8) is 0 Å². The highest BCUT2D eigenvalue weighted by molar-refractivity contribution is 6.60. The van der Waals surface area contributed by atoms with E-state index in [4.69, 9.17) is 0 Å². The predicted octanol–water partition coefficient (Wildman–Crippen LogP) is 3.08. The molecule has 0 aromatic carbocycles. The molecule has 53 valence electrons. The van der Waals surface area contributed by atoms with Gasteiger partial charge in [0.2, 0.25) is 0 Å². The minimum absolute atomic E-state index is 0.135. The van der Waals surface area contributed by atoms with Gasteiger partial charge in [0.1, 0.15) is 0 Å². The van der Waals surface area contributed by atoms with Crippen LogP contribution in [0.5, 0.6) is 0 Å². The summed E-state index contributed by atoms with van der Waals surface area (Å²) in [5, 5.41) is 0. The van der Waals surface area contributed by atoms with Crippen LogP contribution in [-0.2, 0) is 0 Å². The van der Waals surface area contributed by atoms with Crippen molar-refractivity contribution >= 4 is 8.80 Å². The van der Waals surface area contributed by atoms with Crippen LogP contribution in [0.4, 0.5) is 0 Å². The molecule has 1 heteroatoms. The molecule has 1 aliphatic rings. The smallest absolute Gasteiger partial charge is 0.0506 e. The number of rotatable bonds is 1. The maximum absolute atomic E-state index is 2.40. The Labute approximate surface area is 60.3 Å². The first-order chi connectivity index (χ1) is 4.30. The Morgan fingerprint density at radius 3 is 1.89 bits per heavy atom. The van der Waals surface area contributed by atoms with Crippen LogP contribution in [0, 0.1) is 0 Å². The normalized spacial score (nSPS) is 23.0. The molecule has 1 fully saturated rings. The zero-order valence-electron chi connectivity index (χ0n) is 6.61. The lowest BCUT2D eigenvalue weighted by molar-refractivity contribution is 0.710. The fourth-order valence-electron chi connectivity index (χ4n) is 1.58. The molecule has 1 saturated heterocycles. The molecule has 9 heavy (non-hydrogen) atoms. The van der Waals surface area contributed by atoms with Crippen LogP contribution >= 0.6 is 0 Å². The second-order valence-electron chi connectivity index (χ2n) is 3.37. The van der Waals surface area contributed by atoms with E-state index in [1.807, 2.05) is 0 Å². The second-order valence-corrected chi connectivity index (χ2v) is 6.84. The molecule has 1 rings (SSSR count). The van der Waals surface area contributed by atoms with Gasteiger partial charge < -0.3 is 0 Å². The highest BCUT2D eigenvalue weighted by Crippen LogP contribution is 2.26. The lowest BCUT2D eigenvalue weighted by atomic mass is 10.3. The molecule has 1 radical (unpaired) electrons. The molecule has 1 heterocycles. The average Bonchev–Trinajstić information content (AvgIpc) is 1.90. The van der Waals surface area contributed by atoms with Gasteiger partial charge in [-0.15, -0.1) is 0 Å². The average molecular weight is 141 g/mol. The highest BCUT2D eigenvalue weighted by Gasteiger charge is 2.17. The Hall–Kier alpha value is 0.217. The van der Waals surface area contributed by atoms with E-state index in [0.29, 0.717) is 0 Å². The lowest BCUT2D eigenvalue weighted by Crippen LogP contribution is -2.19. The van der Waals surface area contributed by atoms with E-state index in [9.17, 15) is 0 Å². The Morgan fingerprint density at radius 2 is 1.56 bits per heavy atom. The van der Waals surface area contributed by atoms with Crippen molar-refractivity contribution in [2.75, 3.05) is 0 Å². The largest absolute Gasteiger partial charge is 0.0654 e. The van der Waals surface area contributed by atoms with E-state index >= 15 is 0 Å².